The number of benzene rings is 1. The lowest BCUT2D eigenvalue weighted by Crippen LogP contribution is -2.30. The number of carbonyl (C=O) groups excluding carboxylic acids is 1. The van der Waals surface area contributed by atoms with Gasteiger partial charge in [-0.3, -0.25) is 4.79 Å². The summed E-state index contributed by atoms with van der Waals surface area (Å²) in [5.74, 6) is 0.0942. The minimum absolute atomic E-state index is 0.0742. The molecule has 0 fully saturated rings. The highest BCUT2D eigenvalue weighted by atomic mass is 16.2. The van der Waals surface area contributed by atoms with E-state index in [2.05, 4.69) is 16.1 Å². The first-order valence-electron chi connectivity index (χ1n) is 5.95. The number of amides is 1. The zero-order chi connectivity index (χ0) is 14.0. The molecule has 1 aromatic heterocycles. The molecular formula is C13H17N5O. The maximum Gasteiger partial charge on any atom is 0.248 e. The summed E-state index contributed by atoms with van der Waals surface area (Å²) in [6, 6.07) is 6.02. The molecule has 2 aromatic rings. The molecule has 6 nitrogen and oxygen atoms in total. The van der Waals surface area contributed by atoms with Gasteiger partial charge in [-0.05, 0) is 37.1 Å². The van der Waals surface area contributed by atoms with E-state index < -0.39 is 0 Å². The molecule has 0 aliphatic rings. The summed E-state index contributed by atoms with van der Waals surface area (Å²) in [6.07, 6.45) is 1.45. The molecule has 0 radical (unpaired) electrons. The number of aryl methyl sites for hydroxylation is 2. The van der Waals surface area contributed by atoms with E-state index in [1.54, 1.807) is 11.9 Å². The zero-order valence-corrected chi connectivity index (χ0v) is 11.3. The monoisotopic (exact) mass is 259 g/mol. The Balaban J connectivity index is 2.14. The number of rotatable bonds is 3. The van der Waals surface area contributed by atoms with Gasteiger partial charge in [0.1, 0.15) is 12.9 Å². The standard InChI is InChI=1S/C13H17N5O/c1-9-4-10(2)6-11(5-9)17(3)12(19)7-18-8-15-13(14)16-18/h4-6,8H,7H2,1-3H3,(H2,14,16). The number of likely N-dealkylation sites (N-methyl/N-ethyl adjacent to an activating group) is 1. The first-order valence-corrected chi connectivity index (χ1v) is 5.95. The Labute approximate surface area is 111 Å². The van der Waals surface area contributed by atoms with Crippen LogP contribution in [-0.2, 0) is 11.3 Å². The summed E-state index contributed by atoms with van der Waals surface area (Å²) in [5, 5.41) is 3.90. The van der Waals surface area contributed by atoms with Crippen molar-refractivity contribution in [1.82, 2.24) is 14.8 Å². The fourth-order valence-corrected chi connectivity index (χ4v) is 1.92. The van der Waals surface area contributed by atoms with Crippen LogP contribution in [0.15, 0.2) is 24.5 Å². The summed E-state index contributed by atoms with van der Waals surface area (Å²) in [4.78, 5) is 17.5. The van der Waals surface area contributed by atoms with Crippen LogP contribution in [0.5, 0.6) is 0 Å². The first-order chi connectivity index (χ1) is 8.95. The van der Waals surface area contributed by atoms with Crippen molar-refractivity contribution in [3.8, 4) is 0 Å². The Morgan fingerprint density at radius 3 is 2.47 bits per heavy atom. The Morgan fingerprint density at radius 1 is 1.32 bits per heavy atom. The van der Waals surface area contributed by atoms with Gasteiger partial charge in [0.15, 0.2) is 0 Å². The largest absolute Gasteiger partial charge is 0.367 e. The fourth-order valence-electron chi connectivity index (χ4n) is 1.92. The summed E-state index contributed by atoms with van der Waals surface area (Å²) >= 11 is 0. The molecule has 0 atom stereocenters. The minimum atomic E-state index is -0.0742. The number of anilines is 2. The molecule has 0 saturated carbocycles. The van der Waals surface area contributed by atoms with Crippen molar-refractivity contribution in [3.05, 3.63) is 35.7 Å². The number of nitrogens with two attached hydrogens (primary N) is 1. The van der Waals surface area contributed by atoms with Crippen LogP contribution in [0.25, 0.3) is 0 Å². The van der Waals surface area contributed by atoms with Gasteiger partial charge in [0.25, 0.3) is 0 Å². The normalized spacial score (nSPS) is 10.5. The van der Waals surface area contributed by atoms with Gasteiger partial charge in [0.2, 0.25) is 11.9 Å². The highest BCUT2D eigenvalue weighted by molar-refractivity contribution is 5.92. The van der Waals surface area contributed by atoms with E-state index in [4.69, 9.17) is 5.73 Å². The van der Waals surface area contributed by atoms with Crippen LogP contribution in [0.4, 0.5) is 11.6 Å². The molecule has 2 N–H and O–H groups in total. The van der Waals surface area contributed by atoms with E-state index >= 15 is 0 Å². The second-order valence-electron chi connectivity index (χ2n) is 4.60. The summed E-state index contributed by atoms with van der Waals surface area (Å²) in [7, 11) is 1.75. The molecule has 0 saturated heterocycles. The predicted octanol–water partition coefficient (Wildman–Crippen LogP) is 1.14. The minimum Gasteiger partial charge on any atom is -0.367 e. The third-order valence-corrected chi connectivity index (χ3v) is 2.82. The second kappa shape index (κ2) is 5.09. The molecule has 0 aliphatic heterocycles. The molecule has 100 valence electrons. The molecule has 19 heavy (non-hydrogen) atoms. The van der Waals surface area contributed by atoms with Crippen molar-refractivity contribution in [3.63, 3.8) is 0 Å². The Bertz CT molecular complexity index is 585. The summed E-state index contributed by atoms with van der Waals surface area (Å²) < 4.78 is 1.43. The smallest absolute Gasteiger partial charge is 0.248 e. The van der Waals surface area contributed by atoms with Crippen LogP contribution >= 0.6 is 0 Å². The van der Waals surface area contributed by atoms with Crippen LogP contribution in [0, 0.1) is 13.8 Å². The molecule has 2 rings (SSSR count). The van der Waals surface area contributed by atoms with E-state index in [1.807, 2.05) is 26.0 Å². The SMILES string of the molecule is Cc1cc(C)cc(N(C)C(=O)Cn2cnc(N)n2)c1. The van der Waals surface area contributed by atoms with Crippen molar-refractivity contribution in [2.75, 3.05) is 17.7 Å². The van der Waals surface area contributed by atoms with E-state index in [0.29, 0.717) is 0 Å². The Morgan fingerprint density at radius 2 is 1.95 bits per heavy atom. The lowest BCUT2D eigenvalue weighted by Gasteiger charge is -2.18. The van der Waals surface area contributed by atoms with Crippen molar-refractivity contribution >= 4 is 17.5 Å². The van der Waals surface area contributed by atoms with Gasteiger partial charge in [-0.2, -0.15) is 0 Å². The average molecular weight is 259 g/mol. The maximum atomic E-state index is 12.1. The van der Waals surface area contributed by atoms with Gasteiger partial charge in [-0.1, -0.05) is 6.07 Å². The number of nitrogen functional groups attached to an aromatic ring is 1. The van der Waals surface area contributed by atoms with E-state index in [0.717, 1.165) is 16.8 Å². The van der Waals surface area contributed by atoms with Gasteiger partial charge in [0.05, 0.1) is 0 Å². The van der Waals surface area contributed by atoms with Crippen LogP contribution < -0.4 is 10.6 Å². The Hall–Kier alpha value is -2.37. The van der Waals surface area contributed by atoms with Gasteiger partial charge in [0, 0.05) is 12.7 Å². The summed E-state index contributed by atoms with van der Waals surface area (Å²) in [6.45, 7) is 4.13. The van der Waals surface area contributed by atoms with Crippen LogP contribution in [0.2, 0.25) is 0 Å². The highest BCUT2D eigenvalue weighted by Gasteiger charge is 2.13. The molecule has 1 heterocycles. The fraction of sp³-hybridized carbons (Fsp3) is 0.308. The van der Waals surface area contributed by atoms with Crippen LogP contribution in [-0.4, -0.2) is 27.7 Å². The molecule has 0 unspecified atom stereocenters. The quantitative estimate of drug-likeness (QED) is 0.896. The maximum absolute atomic E-state index is 12.1. The van der Waals surface area contributed by atoms with Crippen molar-refractivity contribution in [2.24, 2.45) is 0 Å². The second-order valence-corrected chi connectivity index (χ2v) is 4.60. The number of carbonyl (C=O) groups is 1. The van der Waals surface area contributed by atoms with Crippen LogP contribution in [0.3, 0.4) is 0 Å². The van der Waals surface area contributed by atoms with Gasteiger partial charge < -0.3 is 10.6 Å². The van der Waals surface area contributed by atoms with Gasteiger partial charge in [-0.25, -0.2) is 9.67 Å². The molecule has 1 amide bonds. The predicted molar refractivity (Wildman–Crippen MR) is 73.8 cm³/mol. The number of hydrogen-bond donors (Lipinski definition) is 1. The molecule has 6 heteroatoms. The van der Waals surface area contributed by atoms with E-state index in [9.17, 15) is 4.79 Å². The zero-order valence-electron chi connectivity index (χ0n) is 11.3. The lowest BCUT2D eigenvalue weighted by molar-refractivity contribution is -0.119. The van der Waals surface area contributed by atoms with Gasteiger partial charge in [-0.15, -0.1) is 5.10 Å². The highest BCUT2D eigenvalue weighted by Crippen LogP contribution is 2.17. The third kappa shape index (κ3) is 3.09. The number of nitrogens with zero attached hydrogens (tertiary/aromatic N) is 4. The molecular weight excluding hydrogens is 242 g/mol. The lowest BCUT2D eigenvalue weighted by atomic mass is 10.1. The average Bonchev–Trinajstić information content (AvgIpc) is 2.72. The molecule has 1 aromatic carbocycles. The summed E-state index contributed by atoms with van der Waals surface area (Å²) in [5.41, 5.74) is 8.53. The molecule has 0 aliphatic carbocycles. The van der Waals surface area contributed by atoms with Gasteiger partial charge >= 0.3 is 0 Å². The van der Waals surface area contributed by atoms with Crippen molar-refractivity contribution in [1.29, 1.82) is 0 Å². The van der Waals surface area contributed by atoms with Crippen LogP contribution in [0.1, 0.15) is 11.1 Å². The van der Waals surface area contributed by atoms with E-state index in [-0.39, 0.29) is 18.4 Å². The number of aromatic nitrogens is 3. The number of hydrogen-bond acceptors (Lipinski definition) is 4. The first kappa shape index (κ1) is 13.1. The van der Waals surface area contributed by atoms with Crippen molar-refractivity contribution in [2.45, 2.75) is 20.4 Å². The molecule has 0 bridgehead atoms. The molecule has 0 spiro atoms. The van der Waals surface area contributed by atoms with Crippen molar-refractivity contribution < 1.29 is 4.79 Å². The third-order valence-electron chi connectivity index (χ3n) is 2.82. The van der Waals surface area contributed by atoms with E-state index in [1.165, 1.54) is 11.0 Å². The topological polar surface area (TPSA) is 77.0 Å². The Kier molecular flexibility index (Phi) is 3.50.